The molecule has 2 heterocycles. The van der Waals surface area contributed by atoms with Gasteiger partial charge in [0, 0.05) is 25.6 Å². The Labute approximate surface area is 136 Å². The Hall–Kier alpha value is -0.390. The lowest BCUT2D eigenvalue weighted by Crippen LogP contribution is -2.30. The van der Waals surface area contributed by atoms with E-state index in [4.69, 9.17) is 4.74 Å². The normalized spacial score (nSPS) is 20.1. The molecule has 0 saturated carbocycles. The highest BCUT2D eigenvalue weighted by atomic mass is 79.9. The Morgan fingerprint density at radius 2 is 2.29 bits per heavy atom. The van der Waals surface area contributed by atoms with E-state index in [2.05, 4.69) is 51.9 Å². The number of aromatic nitrogens is 2. The Morgan fingerprint density at radius 3 is 2.86 bits per heavy atom. The second-order valence-corrected chi connectivity index (χ2v) is 6.57. The zero-order valence-electron chi connectivity index (χ0n) is 13.5. The van der Waals surface area contributed by atoms with Gasteiger partial charge in [0.2, 0.25) is 0 Å². The van der Waals surface area contributed by atoms with E-state index in [1.807, 2.05) is 0 Å². The highest BCUT2D eigenvalue weighted by molar-refractivity contribution is 9.10. The molecule has 120 valence electrons. The van der Waals surface area contributed by atoms with Gasteiger partial charge in [0.25, 0.3) is 0 Å². The van der Waals surface area contributed by atoms with E-state index >= 15 is 0 Å². The minimum atomic E-state index is 0.478. The summed E-state index contributed by atoms with van der Waals surface area (Å²) in [5, 5.41) is 8.15. The lowest BCUT2D eigenvalue weighted by Gasteiger charge is -2.19. The molecule has 0 aliphatic carbocycles. The molecule has 0 amide bonds. The lowest BCUT2D eigenvalue weighted by atomic mass is 10.0. The summed E-state index contributed by atoms with van der Waals surface area (Å²) >= 11 is 3.74. The molecule has 2 unspecified atom stereocenters. The minimum Gasteiger partial charge on any atom is -0.378 e. The molecule has 4 nitrogen and oxygen atoms in total. The Balaban J connectivity index is 1.98. The second kappa shape index (κ2) is 8.30. The van der Waals surface area contributed by atoms with Gasteiger partial charge >= 0.3 is 0 Å². The predicted octanol–water partition coefficient (Wildman–Crippen LogP) is 3.32. The third-order valence-electron chi connectivity index (χ3n) is 4.40. The fourth-order valence-electron chi connectivity index (χ4n) is 3.05. The molecular formula is C16H28BrN3O. The lowest BCUT2D eigenvalue weighted by molar-refractivity contribution is 0.0997. The molecule has 0 aromatic carbocycles. The summed E-state index contributed by atoms with van der Waals surface area (Å²) in [7, 11) is 2.06. The van der Waals surface area contributed by atoms with Gasteiger partial charge in [-0.25, -0.2) is 0 Å². The first-order valence-electron chi connectivity index (χ1n) is 8.22. The van der Waals surface area contributed by atoms with Gasteiger partial charge in [0.05, 0.1) is 22.0 Å². The third-order valence-corrected chi connectivity index (χ3v) is 5.32. The largest absolute Gasteiger partial charge is 0.378 e. The van der Waals surface area contributed by atoms with E-state index in [9.17, 15) is 0 Å². The molecule has 0 spiro atoms. The van der Waals surface area contributed by atoms with Crippen molar-refractivity contribution in [3.63, 3.8) is 0 Å². The van der Waals surface area contributed by atoms with Crippen molar-refractivity contribution >= 4 is 15.9 Å². The van der Waals surface area contributed by atoms with Gasteiger partial charge < -0.3 is 10.1 Å². The highest BCUT2D eigenvalue weighted by Crippen LogP contribution is 2.25. The van der Waals surface area contributed by atoms with E-state index in [0.717, 1.165) is 38.8 Å². The van der Waals surface area contributed by atoms with Crippen LogP contribution in [-0.4, -0.2) is 35.6 Å². The van der Waals surface area contributed by atoms with Crippen LogP contribution in [0.4, 0.5) is 0 Å². The SMILES string of the molecule is CCc1nn(CC)c(CC(CCC2CCCO2)NC)c1Br. The van der Waals surface area contributed by atoms with Gasteiger partial charge in [-0.1, -0.05) is 6.92 Å². The maximum absolute atomic E-state index is 5.73. The quantitative estimate of drug-likeness (QED) is 0.775. The van der Waals surface area contributed by atoms with Crippen LogP contribution < -0.4 is 5.32 Å². The van der Waals surface area contributed by atoms with E-state index < -0.39 is 0 Å². The van der Waals surface area contributed by atoms with Crippen molar-refractivity contribution in [2.75, 3.05) is 13.7 Å². The number of nitrogens with zero attached hydrogens (tertiary/aromatic N) is 2. The fourth-order valence-corrected chi connectivity index (χ4v) is 3.78. The molecule has 5 heteroatoms. The molecule has 2 atom stereocenters. The van der Waals surface area contributed by atoms with Crippen LogP contribution in [0.25, 0.3) is 0 Å². The van der Waals surface area contributed by atoms with E-state index in [-0.39, 0.29) is 0 Å². The maximum atomic E-state index is 5.73. The monoisotopic (exact) mass is 357 g/mol. The maximum Gasteiger partial charge on any atom is 0.0766 e. The van der Waals surface area contributed by atoms with Gasteiger partial charge in [0.15, 0.2) is 0 Å². The molecule has 1 saturated heterocycles. The topological polar surface area (TPSA) is 39.1 Å². The van der Waals surface area contributed by atoms with Gasteiger partial charge in [-0.2, -0.15) is 5.10 Å². The summed E-state index contributed by atoms with van der Waals surface area (Å²) in [4.78, 5) is 0. The number of aryl methyl sites for hydroxylation is 2. The van der Waals surface area contributed by atoms with Crippen LogP contribution in [0.3, 0.4) is 0 Å². The summed E-state index contributed by atoms with van der Waals surface area (Å²) in [6, 6.07) is 0.484. The second-order valence-electron chi connectivity index (χ2n) is 5.78. The molecule has 1 aliphatic rings. The first kappa shape index (κ1) is 17.0. The molecule has 1 fully saturated rings. The summed E-state index contributed by atoms with van der Waals surface area (Å²) in [5.74, 6) is 0. The predicted molar refractivity (Wildman–Crippen MR) is 89.7 cm³/mol. The van der Waals surface area contributed by atoms with Crippen LogP contribution in [0.1, 0.15) is 50.9 Å². The number of rotatable bonds is 8. The van der Waals surface area contributed by atoms with Crippen LogP contribution in [0.5, 0.6) is 0 Å². The van der Waals surface area contributed by atoms with E-state index in [1.54, 1.807) is 0 Å². The first-order chi connectivity index (χ1) is 10.2. The summed E-state index contributed by atoms with van der Waals surface area (Å²) < 4.78 is 9.07. The van der Waals surface area contributed by atoms with Crippen molar-refractivity contribution in [2.45, 2.75) is 71.1 Å². The van der Waals surface area contributed by atoms with E-state index in [0.29, 0.717) is 12.1 Å². The van der Waals surface area contributed by atoms with Crippen LogP contribution in [0, 0.1) is 0 Å². The molecule has 1 aliphatic heterocycles. The number of ether oxygens (including phenoxy) is 1. The van der Waals surface area contributed by atoms with Crippen LogP contribution >= 0.6 is 15.9 Å². The van der Waals surface area contributed by atoms with Crippen molar-refractivity contribution < 1.29 is 4.74 Å². The zero-order chi connectivity index (χ0) is 15.2. The zero-order valence-corrected chi connectivity index (χ0v) is 15.1. The fraction of sp³-hybridized carbons (Fsp3) is 0.812. The van der Waals surface area contributed by atoms with Crippen LogP contribution in [0.2, 0.25) is 0 Å². The summed E-state index contributed by atoms with van der Waals surface area (Å²) in [6.07, 6.45) is 7.24. The van der Waals surface area contributed by atoms with Crippen molar-refractivity contribution in [1.29, 1.82) is 0 Å². The van der Waals surface area contributed by atoms with Gasteiger partial charge in [-0.15, -0.1) is 0 Å². The molecule has 1 N–H and O–H groups in total. The first-order valence-corrected chi connectivity index (χ1v) is 9.01. The number of hydrogen-bond acceptors (Lipinski definition) is 3. The van der Waals surface area contributed by atoms with Gasteiger partial charge in [0.1, 0.15) is 0 Å². The Kier molecular flexibility index (Phi) is 6.71. The number of likely N-dealkylation sites (N-methyl/N-ethyl adjacent to an activating group) is 1. The minimum absolute atomic E-state index is 0.478. The molecular weight excluding hydrogens is 330 g/mol. The summed E-state index contributed by atoms with van der Waals surface area (Å²) in [6.45, 7) is 6.19. The van der Waals surface area contributed by atoms with Crippen molar-refractivity contribution in [3.8, 4) is 0 Å². The van der Waals surface area contributed by atoms with Gasteiger partial charge in [-0.05, 0) is 62.0 Å². The number of halogens is 1. The standard InChI is InChI=1S/C16H28BrN3O/c1-4-14-16(17)15(20(5-2)19-14)11-12(18-3)8-9-13-7-6-10-21-13/h12-13,18H,4-11H2,1-3H3. The Bertz CT molecular complexity index is 441. The molecule has 0 radical (unpaired) electrons. The molecule has 2 rings (SSSR count). The smallest absolute Gasteiger partial charge is 0.0766 e. The third kappa shape index (κ3) is 4.30. The highest BCUT2D eigenvalue weighted by Gasteiger charge is 2.20. The van der Waals surface area contributed by atoms with E-state index in [1.165, 1.54) is 28.7 Å². The van der Waals surface area contributed by atoms with Crippen molar-refractivity contribution in [2.24, 2.45) is 0 Å². The average Bonchev–Trinajstić information content (AvgIpc) is 3.12. The van der Waals surface area contributed by atoms with Crippen LogP contribution in [0.15, 0.2) is 4.47 Å². The molecule has 0 bridgehead atoms. The molecule has 1 aromatic heterocycles. The van der Waals surface area contributed by atoms with Crippen molar-refractivity contribution in [1.82, 2.24) is 15.1 Å². The Morgan fingerprint density at radius 1 is 1.48 bits per heavy atom. The molecule has 1 aromatic rings. The number of hydrogen-bond donors (Lipinski definition) is 1. The summed E-state index contributed by atoms with van der Waals surface area (Å²) in [5.41, 5.74) is 2.49. The van der Waals surface area contributed by atoms with Gasteiger partial charge in [-0.3, -0.25) is 4.68 Å². The average molecular weight is 358 g/mol. The molecule has 21 heavy (non-hydrogen) atoms. The number of nitrogens with one attached hydrogen (secondary N) is 1. The van der Waals surface area contributed by atoms with Crippen molar-refractivity contribution in [3.05, 3.63) is 15.9 Å². The van der Waals surface area contributed by atoms with Crippen LogP contribution in [-0.2, 0) is 24.1 Å².